The first-order chi connectivity index (χ1) is 23.9. The molecule has 0 atom stereocenters. The number of aromatic nitrogens is 3. The van der Waals surface area contributed by atoms with Gasteiger partial charge in [0.05, 0.1) is 0 Å². The van der Waals surface area contributed by atoms with E-state index in [4.69, 9.17) is 10.2 Å². The van der Waals surface area contributed by atoms with Crippen molar-refractivity contribution < 1.29 is 0 Å². The highest BCUT2D eigenvalue weighted by molar-refractivity contribution is 6.28. The van der Waals surface area contributed by atoms with Crippen molar-refractivity contribution in [3.8, 4) is 55.9 Å². The summed E-state index contributed by atoms with van der Waals surface area (Å²) < 4.78 is 0. The average molecular weight is 612 g/mol. The Hall–Kier alpha value is -6.45. The SMILES string of the molecule is c1ccc(-c2ccccc2-c2nnnc(-c3cccc4c5ccccc5c5ccccc5c34)c2-c2ccccc2-c2ccccc2)cc1. The average Bonchev–Trinajstić information content (AvgIpc) is 3.18. The molecular formula is C45H29N3. The van der Waals surface area contributed by atoms with E-state index in [1.54, 1.807) is 0 Å². The molecule has 8 aromatic carbocycles. The van der Waals surface area contributed by atoms with Gasteiger partial charge in [-0.3, -0.25) is 0 Å². The molecule has 0 fully saturated rings. The van der Waals surface area contributed by atoms with Crippen LogP contribution in [0.4, 0.5) is 0 Å². The molecule has 224 valence electrons. The topological polar surface area (TPSA) is 38.7 Å². The van der Waals surface area contributed by atoms with Crippen molar-refractivity contribution in [1.82, 2.24) is 15.4 Å². The summed E-state index contributed by atoms with van der Waals surface area (Å²) >= 11 is 0. The second-order valence-electron chi connectivity index (χ2n) is 12.0. The zero-order chi connectivity index (χ0) is 31.9. The molecule has 0 aliphatic heterocycles. The lowest BCUT2D eigenvalue weighted by molar-refractivity contribution is 0.879. The first-order valence-corrected chi connectivity index (χ1v) is 16.2. The minimum atomic E-state index is 0.796. The normalized spacial score (nSPS) is 11.3. The highest BCUT2D eigenvalue weighted by atomic mass is 15.3. The summed E-state index contributed by atoms with van der Waals surface area (Å²) in [6.45, 7) is 0. The molecule has 0 N–H and O–H groups in total. The Morgan fingerprint density at radius 3 is 1.23 bits per heavy atom. The first kappa shape index (κ1) is 27.8. The third-order valence-corrected chi connectivity index (χ3v) is 9.33. The third kappa shape index (κ3) is 4.56. The van der Waals surface area contributed by atoms with Crippen LogP contribution in [-0.2, 0) is 0 Å². The van der Waals surface area contributed by atoms with Gasteiger partial charge in [0.2, 0.25) is 0 Å². The number of hydrogen-bond acceptors (Lipinski definition) is 3. The number of benzene rings is 8. The van der Waals surface area contributed by atoms with Gasteiger partial charge in [-0.2, -0.15) is 0 Å². The summed E-state index contributed by atoms with van der Waals surface area (Å²) in [4.78, 5) is 0. The fourth-order valence-electron chi connectivity index (χ4n) is 7.24. The van der Waals surface area contributed by atoms with Gasteiger partial charge in [-0.15, -0.1) is 10.2 Å². The van der Waals surface area contributed by atoms with Crippen LogP contribution in [0.15, 0.2) is 176 Å². The van der Waals surface area contributed by atoms with Crippen LogP contribution in [0.2, 0.25) is 0 Å². The van der Waals surface area contributed by atoms with E-state index in [1.165, 1.54) is 26.9 Å². The van der Waals surface area contributed by atoms with Gasteiger partial charge in [-0.05, 0) is 65.3 Å². The zero-order valence-corrected chi connectivity index (χ0v) is 26.1. The van der Waals surface area contributed by atoms with Gasteiger partial charge in [0.15, 0.2) is 0 Å². The van der Waals surface area contributed by atoms with E-state index in [9.17, 15) is 0 Å². The molecule has 1 heterocycles. The summed E-state index contributed by atoms with van der Waals surface area (Å²) in [6, 6.07) is 62.0. The molecule has 0 aliphatic carbocycles. The molecule has 0 saturated heterocycles. The largest absolute Gasteiger partial charge is 0.129 e. The van der Waals surface area contributed by atoms with Crippen LogP contribution in [0.1, 0.15) is 0 Å². The van der Waals surface area contributed by atoms with E-state index in [1.807, 2.05) is 6.07 Å². The maximum Gasteiger partial charge on any atom is 0.105 e. The molecule has 0 radical (unpaired) electrons. The molecule has 0 saturated carbocycles. The zero-order valence-electron chi connectivity index (χ0n) is 26.1. The Labute approximate surface area is 278 Å². The van der Waals surface area contributed by atoms with Crippen molar-refractivity contribution in [3.63, 3.8) is 0 Å². The molecule has 1 aromatic heterocycles. The maximum atomic E-state index is 4.92. The molecule has 0 bridgehead atoms. The molecule has 9 aromatic rings. The number of rotatable bonds is 5. The molecule has 0 aliphatic rings. The standard InChI is InChI=1S/C45H29N3/c1-3-16-30(17-4-1)32-20-7-12-25-37(32)43-44(40-27-14-8-21-33(40)31-18-5-2-6-19-31)46-48-47-45(43)41-29-15-28-39-36-23-10-9-22-34(36)35-24-11-13-26-38(35)42(39)41/h1-29H. The van der Waals surface area contributed by atoms with E-state index in [0.29, 0.717) is 0 Å². The van der Waals surface area contributed by atoms with Crippen molar-refractivity contribution in [2.75, 3.05) is 0 Å². The lowest BCUT2D eigenvalue weighted by Crippen LogP contribution is -2.02. The number of hydrogen-bond donors (Lipinski definition) is 0. The molecule has 0 amide bonds. The maximum absolute atomic E-state index is 4.92. The lowest BCUT2D eigenvalue weighted by atomic mass is 9.85. The van der Waals surface area contributed by atoms with Gasteiger partial charge in [-0.25, -0.2) is 0 Å². The van der Waals surface area contributed by atoms with Crippen LogP contribution >= 0.6 is 0 Å². The van der Waals surface area contributed by atoms with E-state index in [-0.39, 0.29) is 0 Å². The molecule has 0 spiro atoms. The van der Waals surface area contributed by atoms with Gasteiger partial charge in [-0.1, -0.05) is 176 Å². The van der Waals surface area contributed by atoms with Gasteiger partial charge in [0, 0.05) is 16.7 Å². The third-order valence-electron chi connectivity index (χ3n) is 9.33. The van der Waals surface area contributed by atoms with E-state index in [2.05, 4.69) is 175 Å². The number of nitrogens with zero attached hydrogens (tertiary/aromatic N) is 3. The quantitative estimate of drug-likeness (QED) is 0.182. The van der Waals surface area contributed by atoms with Crippen molar-refractivity contribution in [1.29, 1.82) is 0 Å². The highest BCUT2D eigenvalue weighted by Gasteiger charge is 2.24. The smallest absolute Gasteiger partial charge is 0.105 e. The Morgan fingerprint density at radius 1 is 0.271 bits per heavy atom. The molecular weight excluding hydrogens is 583 g/mol. The van der Waals surface area contributed by atoms with Crippen molar-refractivity contribution in [2.45, 2.75) is 0 Å². The Bertz CT molecular complexity index is 2570. The predicted molar refractivity (Wildman–Crippen MR) is 200 cm³/mol. The summed E-state index contributed by atoms with van der Waals surface area (Å²) in [5.74, 6) is 0. The second-order valence-corrected chi connectivity index (χ2v) is 12.0. The van der Waals surface area contributed by atoms with Crippen LogP contribution in [-0.4, -0.2) is 15.4 Å². The summed E-state index contributed by atoms with van der Waals surface area (Å²) in [5.41, 5.74) is 10.1. The van der Waals surface area contributed by atoms with Crippen molar-refractivity contribution in [2.24, 2.45) is 0 Å². The summed E-state index contributed by atoms with van der Waals surface area (Å²) in [7, 11) is 0. The van der Waals surface area contributed by atoms with Gasteiger partial charge < -0.3 is 0 Å². The molecule has 0 unspecified atom stereocenters. The van der Waals surface area contributed by atoms with Crippen LogP contribution in [0.3, 0.4) is 0 Å². The van der Waals surface area contributed by atoms with Crippen LogP contribution < -0.4 is 0 Å². The molecule has 48 heavy (non-hydrogen) atoms. The van der Waals surface area contributed by atoms with Gasteiger partial charge in [0.25, 0.3) is 0 Å². The van der Waals surface area contributed by atoms with Gasteiger partial charge >= 0.3 is 0 Å². The van der Waals surface area contributed by atoms with Crippen LogP contribution in [0.25, 0.3) is 88.2 Å². The second kappa shape index (κ2) is 11.7. The Kier molecular flexibility index (Phi) is 6.80. The van der Waals surface area contributed by atoms with E-state index in [0.717, 1.165) is 61.3 Å². The monoisotopic (exact) mass is 611 g/mol. The van der Waals surface area contributed by atoms with E-state index >= 15 is 0 Å². The van der Waals surface area contributed by atoms with Gasteiger partial charge in [0.1, 0.15) is 11.4 Å². The fraction of sp³-hybridized carbons (Fsp3) is 0. The van der Waals surface area contributed by atoms with E-state index < -0.39 is 0 Å². The summed E-state index contributed by atoms with van der Waals surface area (Å²) in [5, 5.41) is 21.5. The Morgan fingerprint density at radius 2 is 0.646 bits per heavy atom. The molecule has 9 rings (SSSR count). The first-order valence-electron chi connectivity index (χ1n) is 16.2. The predicted octanol–water partition coefficient (Wildman–Crippen LogP) is 11.7. The fourth-order valence-corrected chi connectivity index (χ4v) is 7.24. The van der Waals surface area contributed by atoms with Crippen LogP contribution in [0.5, 0.6) is 0 Å². The Balaban J connectivity index is 1.44. The number of fused-ring (bicyclic) bond motifs is 6. The highest BCUT2D eigenvalue weighted by Crippen LogP contribution is 2.47. The molecule has 3 nitrogen and oxygen atoms in total. The van der Waals surface area contributed by atoms with Crippen molar-refractivity contribution in [3.05, 3.63) is 176 Å². The van der Waals surface area contributed by atoms with Crippen molar-refractivity contribution >= 4 is 32.3 Å². The minimum absolute atomic E-state index is 0.796. The lowest BCUT2D eigenvalue weighted by Gasteiger charge is -2.20. The van der Waals surface area contributed by atoms with Crippen LogP contribution in [0, 0.1) is 0 Å². The minimum Gasteiger partial charge on any atom is -0.129 e. The molecule has 3 heteroatoms. The summed E-state index contributed by atoms with van der Waals surface area (Å²) in [6.07, 6.45) is 0.